The van der Waals surface area contributed by atoms with Gasteiger partial charge in [0.25, 0.3) is 0 Å². The van der Waals surface area contributed by atoms with Gasteiger partial charge in [0.05, 0.1) is 6.10 Å². The molecule has 0 saturated carbocycles. The van der Waals surface area contributed by atoms with E-state index in [1.807, 2.05) is 6.08 Å². The number of rotatable bonds is 3. The summed E-state index contributed by atoms with van der Waals surface area (Å²) in [4.78, 5) is 11.3. The van der Waals surface area contributed by atoms with Crippen LogP contribution in [-0.4, -0.2) is 23.3 Å². The maximum absolute atomic E-state index is 11.3. The van der Waals surface area contributed by atoms with Crippen molar-refractivity contribution in [1.82, 2.24) is 0 Å². The van der Waals surface area contributed by atoms with Crippen molar-refractivity contribution in [2.75, 3.05) is 0 Å². The normalized spacial score (nSPS) is 40.9. The molecule has 0 radical (unpaired) electrons. The molecule has 0 aromatic carbocycles. The topological polar surface area (TPSA) is 46.5 Å². The number of carbonyl (C=O) groups is 1. The van der Waals surface area contributed by atoms with Gasteiger partial charge in [0.2, 0.25) is 0 Å². The Morgan fingerprint density at radius 1 is 1.27 bits per heavy atom. The molecule has 22 heavy (non-hydrogen) atoms. The van der Waals surface area contributed by atoms with Crippen LogP contribution in [-0.2, 0) is 9.53 Å². The number of hydrogen-bond acceptors (Lipinski definition) is 3. The molecule has 3 aliphatic rings. The van der Waals surface area contributed by atoms with Crippen LogP contribution in [0.25, 0.3) is 0 Å². The van der Waals surface area contributed by atoms with Crippen LogP contribution in [0, 0.1) is 23.7 Å². The van der Waals surface area contributed by atoms with E-state index in [9.17, 15) is 9.90 Å². The summed E-state index contributed by atoms with van der Waals surface area (Å²) in [5, 5.41) is 10.6. The van der Waals surface area contributed by atoms with E-state index in [0.717, 1.165) is 25.7 Å². The number of aliphatic hydroxyl groups is 1. The molecule has 120 valence electrons. The lowest BCUT2D eigenvalue weighted by atomic mass is 9.65. The van der Waals surface area contributed by atoms with E-state index < -0.39 is 0 Å². The maximum atomic E-state index is 11.3. The minimum atomic E-state index is -0.249. The summed E-state index contributed by atoms with van der Waals surface area (Å²) in [5.41, 5.74) is 1.30. The molecule has 2 aliphatic carbocycles. The molecule has 1 heterocycles. The first-order valence-electron chi connectivity index (χ1n) is 8.49. The standard InChI is InChI=1S/C19H26O3/c1-12-10-14-7-6-13(2)16(19(14)17(20)11-12)9-8-15-4-3-5-18(21)22-15/h3,5-7,10,12-13,15-17,19-20H,4,8-9,11H2,1-2H3. The van der Waals surface area contributed by atoms with E-state index >= 15 is 0 Å². The Labute approximate surface area is 132 Å². The van der Waals surface area contributed by atoms with Crippen LogP contribution < -0.4 is 0 Å². The van der Waals surface area contributed by atoms with Gasteiger partial charge in [-0.05, 0) is 42.6 Å². The van der Waals surface area contributed by atoms with Crippen molar-refractivity contribution in [3.8, 4) is 0 Å². The van der Waals surface area contributed by atoms with Gasteiger partial charge in [0, 0.05) is 18.4 Å². The zero-order valence-electron chi connectivity index (χ0n) is 13.4. The number of cyclic esters (lactones) is 1. The largest absolute Gasteiger partial charge is 0.459 e. The first kappa shape index (κ1) is 15.5. The lowest BCUT2D eigenvalue weighted by Crippen LogP contribution is -2.38. The predicted octanol–water partition coefficient (Wildman–Crippen LogP) is 3.40. The monoisotopic (exact) mass is 302 g/mol. The minimum Gasteiger partial charge on any atom is -0.459 e. The molecule has 0 fully saturated rings. The van der Waals surface area contributed by atoms with E-state index in [-0.39, 0.29) is 24.1 Å². The van der Waals surface area contributed by atoms with Crippen molar-refractivity contribution in [1.29, 1.82) is 0 Å². The molecule has 0 aromatic heterocycles. The van der Waals surface area contributed by atoms with E-state index in [1.165, 1.54) is 11.6 Å². The second-order valence-corrected chi connectivity index (χ2v) is 7.13. The molecule has 0 aromatic rings. The van der Waals surface area contributed by atoms with Crippen LogP contribution in [0.1, 0.15) is 39.5 Å². The Hall–Kier alpha value is -1.35. The molecule has 0 bridgehead atoms. The van der Waals surface area contributed by atoms with Gasteiger partial charge in [-0.3, -0.25) is 0 Å². The fourth-order valence-electron chi connectivity index (χ4n) is 4.25. The summed E-state index contributed by atoms with van der Waals surface area (Å²) >= 11 is 0. The first-order valence-corrected chi connectivity index (χ1v) is 8.49. The summed E-state index contributed by atoms with van der Waals surface area (Å²) in [6.45, 7) is 4.40. The lowest BCUT2D eigenvalue weighted by molar-refractivity contribution is -0.144. The van der Waals surface area contributed by atoms with Crippen LogP contribution in [0.15, 0.2) is 36.0 Å². The van der Waals surface area contributed by atoms with Gasteiger partial charge in [0.1, 0.15) is 6.10 Å². The molecule has 0 amide bonds. The van der Waals surface area contributed by atoms with Crippen molar-refractivity contribution >= 4 is 5.97 Å². The second kappa shape index (κ2) is 6.41. The Morgan fingerprint density at radius 2 is 2.09 bits per heavy atom. The summed E-state index contributed by atoms with van der Waals surface area (Å²) in [6.07, 6.45) is 13.5. The van der Waals surface area contributed by atoms with Crippen molar-refractivity contribution in [2.45, 2.75) is 51.7 Å². The fraction of sp³-hybridized carbons (Fsp3) is 0.632. The quantitative estimate of drug-likeness (QED) is 0.813. The lowest BCUT2D eigenvalue weighted by Gasteiger charge is -2.42. The predicted molar refractivity (Wildman–Crippen MR) is 86.0 cm³/mol. The van der Waals surface area contributed by atoms with Gasteiger partial charge in [-0.25, -0.2) is 4.79 Å². The molecule has 6 unspecified atom stereocenters. The van der Waals surface area contributed by atoms with Crippen LogP contribution >= 0.6 is 0 Å². The number of fused-ring (bicyclic) bond motifs is 1. The van der Waals surface area contributed by atoms with E-state index in [0.29, 0.717) is 17.8 Å². The highest BCUT2D eigenvalue weighted by Crippen LogP contribution is 2.43. The van der Waals surface area contributed by atoms with Gasteiger partial charge in [-0.15, -0.1) is 0 Å². The van der Waals surface area contributed by atoms with E-state index in [4.69, 9.17) is 4.74 Å². The van der Waals surface area contributed by atoms with Crippen LogP contribution in [0.5, 0.6) is 0 Å². The maximum Gasteiger partial charge on any atom is 0.330 e. The van der Waals surface area contributed by atoms with Gasteiger partial charge in [-0.1, -0.05) is 38.2 Å². The van der Waals surface area contributed by atoms with Crippen LogP contribution in [0.4, 0.5) is 0 Å². The van der Waals surface area contributed by atoms with Crippen molar-refractivity contribution in [3.05, 3.63) is 36.0 Å². The van der Waals surface area contributed by atoms with E-state index in [2.05, 4.69) is 32.1 Å². The summed E-state index contributed by atoms with van der Waals surface area (Å²) in [6, 6.07) is 0. The van der Waals surface area contributed by atoms with Gasteiger partial charge < -0.3 is 9.84 Å². The second-order valence-electron chi connectivity index (χ2n) is 7.13. The third-order valence-corrected chi connectivity index (χ3v) is 5.38. The Bertz CT molecular complexity index is 517. The third kappa shape index (κ3) is 3.19. The molecule has 6 atom stereocenters. The zero-order valence-corrected chi connectivity index (χ0v) is 13.4. The average molecular weight is 302 g/mol. The first-order chi connectivity index (χ1) is 10.5. The highest BCUT2D eigenvalue weighted by atomic mass is 16.5. The van der Waals surface area contributed by atoms with Gasteiger partial charge >= 0.3 is 5.97 Å². The SMILES string of the molecule is CC1C=C2C=CC(C)C(CCC3CC=CC(=O)O3)C2C(O)C1. The number of esters is 1. The minimum absolute atomic E-state index is 0.00249. The van der Waals surface area contributed by atoms with Gasteiger partial charge in [0.15, 0.2) is 0 Å². The Kier molecular flexibility index (Phi) is 4.53. The van der Waals surface area contributed by atoms with Crippen molar-refractivity contribution in [2.24, 2.45) is 23.7 Å². The molecular formula is C19H26O3. The zero-order chi connectivity index (χ0) is 15.7. The Morgan fingerprint density at radius 3 is 2.86 bits per heavy atom. The number of hydrogen-bond donors (Lipinski definition) is 1. The number of aliphatic hydroxyl groups excluding tert-OH is 1. The third-order valence-electron chi connectivity index (χ3n) is 5.38. The average Bonchev–Trinajstić information content (AvgIpc) is 2.46. The number of ether oxygens (including phenoxy) is 1. The van der Waals surface area contributed by atoms with Crippen LogP contribution in [0.2, 0.25) is 0 Å². The molecule has 0 spiro atoms. The highest BCUT2D eigenvalue weighted by Gasteiger charge is 2.38. The smallest absolute Gasteiger partial charge is 0.330 e. The molecule has 0 saturated heterocycles. The van der Waals surface area contributed by atoms with Crippen molar-refractivity contribution in [3.63, 3.8) is 0 Å². The number of carbonyl (C=O) groups excluding carboxylic acids is 1. The summed E-state index contributed by atoms with van der Waals surface area (Å²) in [7, 11) is 0. The molecule has 3 nitrogen and oxygen atoms in total. The van der Waals surface area contributed by atoms with E-state index in [1.54, 1.807) is 0 Å². The molecule has 3 heteroatoms. The molecule has 1 N–H and O–H groups in total. The summed E-state index contributed by atoms with van der Waals surface area (Å²) in [5.74, 6) is 1.36. The van der Waals surface area contributed by atoms with Crippen molar-refractivity contribution < 1.29 is 14.6 Å². The molecule has 3 rings (SSSR count). The fourth-order valence-corrected chi connectivity index (χ4v) is 4.25. The Balaban J connectivity index is 1.69. The molecule has 1 aliphatic heterocycles. The van der Waals surface area contributed by atoms with Gasteiger partial charge in [-0.2, -0.15) is 0 Å². The summed E-state index contributed by atoms with van der Waals surface area (Å²) < 4.78 is 5.37. The van der Waals surface area contributed by atoms with Crippen LogP contribution in [0.3, 0.4) is 0 Å². The number of allylic oxidation sites excluding steroid dienone is 3. The highest BCUT2D eigenvalue weighted by molar-refractivity contribution is 5.82. The molecular weight excluding hydrogens is 276 g/mol.